The standard InChI is InChI=1S/C13H20F2N2/c1-13(2,6-7-16)17-8-5-10-9-11(14)3-4-12(10)15/h3-4,9,17H,5-8,16H2,1-2H3. The maximum absolute atomic E-state index is 13.3. The van der Waals surface area contributed by atoms with Crippen molar-refractivity contribution in [3.63, 3.8) is 0 Å². The molecule has 1 rings (SSSR count). The summed E-state index contributed by atoms with van der Waals surface area (Å²) in [6.07, 6.45) is 1.32. The molecule has 4 heteroatoms. The molecular formula is C13H20F2N2. The van der Waals surface area contributed by atoms with Crippen molar-refractivity contribution in [3.05, 3.63) is 35.4 Å². The number of nitrogens with two attached hydrogens (primary N) is 1. The lowest BCUT2D eigenvalue weighted by Crippen LogP contribution is -2.42. The second-order valence-corrected chi connectivity index (χ2v) is 4.84. The molecule has 0 amide bonds. The normalized spacial score (nSPS) is 11.8. The SMILES string of the molecule is CC(C)(CCN)NCCc1cc(F)ccc1F. The number of halogens is 2. The predicted octanol–water partition coefficient (Wildman–Crippen LogP) is 2.22. The molecule has 0 aliphatic heterocycles. The van der Waals surface area contributed by atoms with E-state index in [9.17, 15) is 8.78 Å². The van der Waals surface area contributed by atoms with Gasteiger partial charge in [-0.15, -0.1) is 0 Å². The van der Waals surface area contributed by atoms with Gasteiger partial charge in [-0.05, 0) is 63.5 Å². The van der Waals surface area contributed by atoms with Crippen LogP contribution in [-0.4, -0.2) is 18.6 Å². The predicted molar refractivity (Wildman–Crippen MR) is 65.8 cm³/mol. The average molecular weight is 242 g/mol. The summed E-state index contributed by atoms with van der Waals surface area (Å²) in [4.78, 5) is 0. The molecule has 0 fully saturated rings. The van der Waals surface area contributed by atoms with Crippen LogP contribution in [0.25, 0.3) is 0 Å². The first-order valence-corrected chi connectivity index (χ1v) is 5.83. The fraction of sp³-hybridized carbons (Fsp3) is 0.538. The van der Waals surface area contributed by atoms with Crippen molar-refractivity contribution in [1.82, 2.24) is 5.32 Å². The summed E-state index contributed by atoms with van der Waals surface area (Å²) in [7, 11) is 0. The van der Waals surface area contributed by atoms with Crippen LogP contribution in [0.5, 0.6) is 0 Å². The fourth-order valence-electron chi connectivity index (χ4n) is 1.72. The van der Waals surface area contributed by atoms with Gasteiger partial charge >= 0.3 is 0 Å². The van der Waals surface area contributed by atoms with Gasteiger partial charge in [0.1, 0.15) is 11.6 Å². The molecule has 3 N–H and O–H groups in total. The molecule has 1 aromatic rings. The molecule has 0 aromatic heterocycles. The molecule has 0 radical (unpaired) electrons. The second kappa shape index (κ2) is 6.07. The molecule has 2 nitrogen and oxygen atoms in total. The molecule has 0 heterocycles. The quantitative estimate of drug-likeness (QED) is 0.802. The average Bonchev–Trinajstić information content (AvgIpc) is 2.23. The van der Waals surface area contributed by atoms with Crippen LogP contribution >= 0.6 is 0 Å². The van der Waals surface area contributed by atoms with Crippen LogP contribution in [0.15, 0.2) is 18.2 Å². The molecule has 0 atom stereocenters. The Kier molecular flexibility index (Phi) is 5.02. The highest BCUT2D eigenvalue weighted by molar-refractivity contribution is 5.19. The van der Waals surface area contributed by atoms with Crippen molar-refractivity contribution in [1.29, 1.82) is 0 Å². The van der Waals surface area contributed by atoms with Gasteiger partial charge in [0.15, 0.2) is 0 Å². The first kappa shape index (κ1) is 14.1. The van der Waals surface area contributed by atoms with Crippen LogP contribution in [0.1, 0.15) is 25.8 Å². The van der Waals surface area contributed by atoms with E-state index in [0.717, 1.165) is 18.6 Å². The monoisotopic (exact) mass is 242 g/mol. The zero-order valence-corrected chi connectivity index (χ0v) is 10.4. The van der Waals surface area contributed by atoms with Gasteiger partial charge in [0.2, 0.25) is 0 Å². The summed E-state index contributed by atoms with van der Waals surface area (Å²) < 4.78 is 26.2. The van der Waals surface area contributed by atoms with Crippen LogP contribution in [0, 0.1) is 11.6 Å². The summed E-state index contributed by atoms with van der Waals surface area (Å²) in [5.41, 5.74) is 5.82. The summed E-state index contributed by atoms with van der Waals surface area (Å²) in [6.45, 7) is 5.30. The fourth-order valence-corrected chi connectivity index (χ4v) is 1.72. The van der Waals surface area contributed by atoms with Crippen LogP contribution in [0.3, 0.4) is 0 Å². The van der Waals surface area contributed by atoms with E-state index in [2.05, 4.69) is 5.32 Å². The molecule has 0 bridgehead atoms. The third kappa shape index (κ3) is 4.79. The topological polar surface area (TPSA) is 38.0 Å². The summed E-state index contributed by atoms with van der Waals surface area (Å²) in [5.74, 6) is -0.757. The molecular weight excluding hydrogens is 222 g/mol. The van der Waals surface area contributed by atoms with Gasteiger partial charge in [0, 0.05) is 5.54 Å². The number of hydrogen-bond acceptors (Lipinski definition) is 2. The number of rotatable bonds is 6. The first-order valence-electron chi connectivity index (χ1n) is 5.83. The lowest BCUT2D eigenvalue weighted by atomic mass is 10.0. The van der Waals surface area contributed by atoms with Gasteiger partial charge in [-0.3, -0.25) is 0 Å². The van der Waals surface area contributed by atoms with E-state index in [-0.39, 0.29) is 11.4 Å². The Hall–Kier alpha value is -1.00. The third-order valence-corrected chi connectivity index (χ3v) is 2.77. The molecule has 96 valence electrons. The Balaban J connectivity index is 2.48. The number of nitrogens with one attached hydrogen (secondary N) is 1. The molecule has 0 aliphatic rings. The highest BCUT2D eigenvalue weighted by Gasteiger charge is 2.15. The Morgan fingerprint density at radius 2 is 2.00 bits per heavy atom. The van der Waals surface area contributed by atoms with Crippen molar-refractivity contribution < 1.29 is 8.78 Å². The molecule has 0 unspecified atom stereocenters. The number of benzene rings is 1. The highest BCUT2D eigenvalue weighted by atomic mass is 19.1. The van der Waals surface area contributed by atoms with E-state index in [1.54, 1.807) is 0 Å². The van der Waals surface area contributed by atoms with Crippen molar-refractivity contribution in [2.45, 2.75) is 32.2 Å². The minimum atomic E-state index is -0.400. The van der Waals surface area contributed by atoms with Crippen LogP contribution in [0.2, 0.25) is 0 Å². The Labute approximate surface area is 101 Å². The Morgan fingerprint density at radius 1 is 1.29 bits per heavy atom. The molecule has 0 saturated heterocycles. The van der Waals surface area contributed by atoms with Gasteiger partial charge in [-0.1, -0.05) is 0 Å². The van der Waals surface area contributed by atoms with Crippen LogP contribution in [-0.2, 0) is 6.42 Å². The summed E-state index contributed by atoms with van der Waals surface area (Å²) in [5, 5.41) is 3.29. The minimum absolute atomic E-state index is 0.0709. The summed E-state index contributed by atoms with van der Waals surface area (Å²) in [6, 6.07) is 3.53. The Bertz CT molecular complexity index is 364. The maximum atomic E-state index is 13.3. The van der Waals surface area contributed by atoms with Crippen molar-refractivity contribution in [2.75, 3.05) is 13.1 Å². The third-order valence-electron chi connectivity index (χ3n) is 2.77. The minimum Gasteiger partial charge on any atom is -0.330 e. The lowest BCUT2D eigenvalue weighted by Gasteiger charge is -2.25. The van der Waals surface area contributed by atoms with Gasteiger partial charge in [0.25, 0.3) is 0 Å². The van der Waals surface area contributed by atoms with E-state index in [1.807, 2.05) is 13.8 Å². The number of hydrogen-bond donors (Lipinski definition) is 2. The van der Waals surface area contributed by atoms with Gasteiger partial charge in [-0.25, -0.2) is 8.78 Å². The molecule has 17 heavy (non-hydrogen) atoms. The largest absolute Gasteiger partial charge is 0.330 e. The maximum Gasteiger partial charge on any atom is 0.126 e. The first-order chi connectivity index (χ1) is 7.94. The van der Waals surface area contributed by atoms with E-state index in [4.69, 9.17) is 5.73 Å². The van der Waals surface area contributed by atoms with E-state index >= 15 is 0 Å². The zero-order valence-electron chi connectivity index (χ0n) is 10.4. The zero-order chi connectivity index (χ0) is 12.9. The van der Waals surface area contributed by atoms with Crippen LogP contribution < -0.4 is 11.1 Å². The smallest absolute Gasteiger partial charge is 0.126 e. The van der Waals surface area contributed by atoms with Gasteiger partial charge in [0.05, 0.1) is 0 Å². The highest BCUT2D eigenvalue weighted by Crippen LogP contribution is 2.11. The van der Waals surface area contributed by atoms with Crippen molar-refractivity contribution >= 4 is 0 Å². The van der Waals surface area contributed by atoms with Crippen LogP contribution in [0.4, 0.5) is 8.78 Å². The van der Waals surface area contributed by atoms with Crippen molar-refractivity contribution in [3.8, 4) is 0 Å². The summed E-state index contributed by atoms with van der Waals surface area (Å²) >= 11 is 0. The Morgan fingerprint density at radius 3 is 2.65 bits per heavy atom. The molecule has 0 spiro atoms. The molecule has 0 aliphatic carbocycles. The van der Waals surface area contributed by atoms with E-state index in [1.165, 1.54) is 6.07 Å². The van der Waals surface area contributed by atoms with Gasteiger partial charge in [-0.2, -0.15) is 0 Å². The van der Waals surface area contributed by atoms with Crippen molar-refractivity contribution in [2.24, 2.45) is 5.73 Å². The van der Waals surface area contributed by atoms with E-state index < -0.39 is 5.82 Å². The van der Waals surface area contributed by atoms with E-state index in [0.29, 0.717) is 25.1 Å². The molecule has 0 saturated carbocycles. The van der Waals surface area contributed by atoms with Gasteiger partial charge < -0.3 is 11.1 Å². The lowest BCUT2D eigenvalue weighted by molar-refractivity contribution is 0.369. The second-order valence-electron chi connectivity index (χ2n) is 4.84. The molecule has 1 aromatic carbocycles.